The first-order valence-electron chi connectivity index (χ1n) is 11.5. The molecule has 3 rings (SSSR count). The second-order valence-electron chi connectivity index (χ2n) is 9.32. The first kappa shape index (κ1) is 28.2. The number of benzene rings is 1. The number of likely N-dealkylation sites (tertiary alicyclic amines) is 1. The SMILES string of the molecule is CC(=O)N1C(C=O)=C(S[C@H]2C[C@@H](CNS(N)(=O)=O)N(Cc3ccc(S)cc3)C2)[C@H](C)[C@@H]1C[C@@H](C)O. The number of nitrogens with zero attached hydrogens (tertiary/aromatic N) is 2. The van der Waals surface area contributed by atoms with Crippen molar-refractivity contribution in [1.82, 2.24) is 14.5 Å². The summed E-state index contributed by atoms with van der Waals surface area (Å²) in [5.74, 6) is -0.326. The molecule has 12 heteroatoms. The molecular formula is C23H34N4O5S3. The van der Waals surface area contributed by atoms with E-state index in [4.69, 9.17) is 5.14 Å². The monoisotopic (exact) mass is 542 g/mol. The van der Waals surface area contributed by atoms with Crippen LogP contribution in [0, 0.1) is 5.92 Å². The molecule has 1 amide bonds. The normalized spacial score (nSPS) is 26.4. The number of carbonyl (C=O) groups is 2. The Balaban J connectivity index is 1.82. The first-order chi connectivity index (χ1) is 16.4. The van der Waals surface area contributed by atoms with Crippen molar-refractivity contribution in [3.8, 4) is 0 Å². The number of aldehydes is 1. The highest BCUT2D eigenvalue weighted by Crippen LogP contribution is 2.45. The predicted octanol–water partition coefficient (Wildman–Crippen LogP) is 1.49. The van der Waals surface area contributed by atoms with Crippen molar-refractivity contribution in [3.05, 3.63) is 40.4 Å². The molecule has 0 radical (unpaired) electrons. The lowest BCUT2D eigenvalue weighted by Gasteiger charge is -2.28. The minimum Gasteiger partial charge on any atom is -0.393 e. The van der Waals surface area contributed by atoms with E-state index in [1.807, 2.05) is 31.2 Å². The van der Waals surface area contributed by atoms with Crippen LogP contribution < -0.4 is 9.86 Å². The van der Waals surface area contributed by atoms with Crippen LogP contribution in [0.25, 0.3) is 0 Å². The maximum absolute atomic E-state index is 12.4. The van der Waals surface area contributed by atoms with Gasteiger partial charge in [-0.25, -0.2) is 9.86 Å². The standard InChI is InChI=1S/C23H34N4O5S3/c1-14(29)8-21-15(2)23(22(13-28)27(21)16(3)30)34-20-9-18(10-25-35(24,31)32)26(12-20)11-17-4-6-19(33)7-5-17/h4-7,13-15,18,20-21,25,29,33H,8-12H2,1-3H3,(H2,24,31,32)/t14-,15-,18+,20+,21+/m1/s1. The molecule has 1 fully saturated rings. The average molecular weight is 543 g/mol. The van der Waals surface area contributed by atoms with Crippen LogP contribution in [-0.4, -0.2) is 72.0 Å². The largest absolute Gasteiger partial charge is 0.393 e. The van der Waals surface area contributed by atoms with Gasteiger partial charge in [-0.1, -0.05) is 19.1 Å². The van der Waals surface area contributed by atoms with Crippen LogP contribution in [0.15, 0.2) is 39.8 Å². The lowest BCUT2D eigenvalue weighted by Crippen LogP contribution is -2.42. The number of rotatable bonds is 10. The second kappa shape index (κ2) is 11.8. The first-order valence-corrected chi connectivity index (χ1v) is 14.4. The van der Waals surface area contributed by atoms with Gasteiger partial charge in [0, 0.05) is 59.6 Å². The molecule has 0 unspecified atom stereocenters. The Kier molecular flexibility index (Phi) is 9.46. The van der Waals surface area contributed by atoms with Gasteiger partial charge in [0.2, 0.25) is 5.91 Å². The molecule has 9 nitrogen and oxygen atoms in total. The highest BCUT2D eigenvalue weighted by molar-refractivity contribution is 8.03. The van der Waals surface area contributed by atoms with Crippen molar-refractivity contribution < 1.29 is 23.1 Å². The Bertz CT molecular complexity index is 1060. The fraction of sp³-hybridized carbons (Fsp3) is 0.565. The van der Waals surface area contributed by atoms with Gasteiger partial charge in [-0.2, -0.15) is 8.42 Å². The summed E-state index contributed by atoms with van der Waals surface area (Å²) in [7, 11) is -3.83. The van der Waals surface area contributed by atoms with Gasteiger partial charge < -0.3 is 10.0 Å². The summed E-state index contributed by atoms with van der Waals surface area (Å²) in [5.41, 5.74) is 1.44. The van der Waals surface area contributed by atoms with E-state index in [0.29, 0.717) is 31.6 Å². The van der Waals surface area contributed by atoms with Crippen LogP contribution in [0.5, 0.6) is 0 Å². The quantitative estimate of drug-likeness (QED) is 0.260. The molecule has 35 heavy (non-hydrogen) atoms. The van der Waals surface area contributed by atoms with Crippen LogP contribution in [0.3, 0.4) is 0 Å². The molecular weight excluding hydrogens is 508 g/mol. The Morgan fingerprint density at radius 2 is 2.03 bits per heavy atom. The Hall–Kier alpha value is -1.41. The molecule has 5 atom stereocenters. The number of nitrogens with two attached hydrogens (primary N) is 1. The average Bonchev–Trinajstić information content (AvgIpc) is 3.26. The minimum absolute atomic E-state index is 0.0814. The van der Waals surface area contributed by atoms with E-state index >= 15 is 0 Å². The molecule has 0 bridgehead atoms. The summed E-state index contributed by atoms with van der Waals surface area (Å²) < 4.78 is 25.5. The number of amides is 1. The summed E-state index contributed by atoms with van der Waals surface area (Å²) in [6.45, 7) is 6.57. The van der Waals surface area contributed by atoms with E-state index in [1.165, 1.54) is 11.8 Å². The van der Waals surface area contributed by atoms with Gasteiger partial charge in [-0.05, 0) is 37.5 Å². The maximum atomic E-state index is 12.4. The minimum atomic E-state index is -3.83. The molecule has 1 saturated heterocycles. The second-order valence-corrected chi connectivity index (χ2v) is 12.6. The number of aliphatic hydroxyl groups is 1. The van der Waals surface area contributed by atoms with Crippen molar-refractivity contribution in [1.29, 1.82) is 0 Å². The van der Waals surface area contributed by atoms with Gasteiger partial charge in [0.1, 0.15) is 0 Å². The zero-order valence-corrected chi connectivity index (χ0v) is 22.7. The fourth-order valence-corrected chi connectivity index (χ4v) is 7.09. The molecule has 1 aromatic carbocycles. The van der Waals surface area contributed by atoms with Crippen molar-refractivity contribution in [2.45, 2.75) is 68.5 Å². The van der Waals surface area contributed by atoms with Crippen molar-refractivity contribution >= 4 is 46.8 Å². The number of aliphatic hydroxyl groups excluding tert-OH is 1. The van der Waals surface area contributed by atoms with Crippen LogP contribution in [0.2, 0.25) is 0 Å². The van der Waals surface area contributed by atoms with E-state index in [2.05, 4.69) is 22.3 Å². The molecule has 0 saturated carbocycles. The number of hydrogen-bond acceptors (Lipinski definition) is 8. The van der Waals surface area contributed by atoms with Gasteiger partial charge in [0.05, 0.1) is 11.8 Å². The highest BCUT2D eigenvalue weighted by Gasteiger charge is 2.43. The third kappa shape index (κ3) is 7.31. The molecule has 2 aliphatic rings. The van der Waals surface area contributed by atoms with Crippen LogP contribution in [0.1, 0.15) is 39.2 Å². The number of nitrogens with one attached hydrogen (secondary N) is 1. The lowest BCUT2D eigenvalue weighted by atomic mass is 9.98. The van der Waals surface area contributed by atoms with E-state index < -0.39 is 16.3 Å². The third-order valence-electron chi connectivity index (χ3n) is 6.49. The molecule has 4 N–H and O–H groups in total. The Labute approximate surface area is 217 Å². The molecule has 2 heterocycles. The molecule has 0 aromatic heterocycles. The number of carbonyl (C=O) groups excluding carboxylic acids is 2. The topological polar surface area (TPSA) is 133 Å². The van der Waals surface area contributed by atoms with Crippen molar-refractivity contribution in [2.24, 2.45) is 11.1 Å². The molecule has 1 aromatic rings. The van der Waals surface area contributed by atoms with Gasteiger partial charge in [0.25, 0.3) is 10.2 Å². The maximum Gasteiger partial charge on any atom is 0.274 e. The smallest absolute Gasteiger partial charge is 0.274 e. The third-order valence-corrected chi connectivity index (χ3v) is 8.87. The van der Waals surface area contributed by atoms with Crippen molar-refractivity contribution in [2.75, 3.05) is 13.1 Å². The van der Waals surface area contributed by atoms with Gasteiger partial charge >= 0.3 is 0 Å². The molecule has 0 spiro atoms. The summed E-state index contributed by atoms with van der Waals surface area (Å²) in [6, 6.07) is 7.44. The highest BCUT2D eigenvalue weighted by atomic mass is 32.2. The lowest BCUT2D eigenvalue weighted by molar-refractivity contribution is -0.130. The van der Waals surface area contributed by atoms with Crippen LogP contribution in [0.4, 0.5) is 0 Å². The number of thiol groups is 1. The van der Waals surface area contributed by atoms with E-state index in [9.17, 15) is 23.1 Å². The number of hydrogen-bond donors (Lipinski definition) is 4. The van der Waals surface area contributed by atoms with Gasteiger partial charge in [-0.3, -0.25) is 14.5 Å². The summed E-state index contributed by atoms with van der Waals surface area (Å²) in [4.78, 5) is 29.9. The van der Waals surface area contributed by atoms with E-state index in [-0.39, 0.29) is 35.7 Å². The molecule has 194 valence electrons. The summed E-state index contributed by atoms with van der Waals surface area (Å²) >= 11 is 5.91. The van der Waals surface area contributed by atoms with E-state index in [0.717, 1.165) is 21.7 Å². The zero-order chi connectivity index (χ0) is 25.9. The molecule has 0 aliphatic carbocycles. The van der Waals surface area contributed by atoms with E-state index in [1.54, 1.807) is 18.7 Å². The van der Waals surface area contributed by atoms with Gasteiger partial charge in [-0.15, -0.1) is 24.4 Å². The van der Waals surface area contributed by atoms with Gasteiger partial charge in [0.15, 0.2) is 6.29 Å². The van der Waals surface area contributed by atoms with Crippen LogP contribution in [-0.2, 0) is 26.3 Å². The number of allylic oxidation sites excluding steroid dienone is 1. The van der Waals surface area contributed by atoms with Crippen LogP contribution >= 0.6 is 24.4 Å². The number of thioether (sulfide) groups is 1. The summed E-state index contributed by atoms with van der Waals surface area (Å²) in [5, 5.41) is 15.2. The molecule has 2 aliphatic heterocycles. The fourth-order valence-electron chi connectivity index (χ4n) is 4.93. The zero-order valence-electron chi connectivity index (χ0n) is 20.1. The Morgan fingerprint density at radius 3 is 2.57 bits per heavy atom. The summed E-state index contributed by atoms with van der Waals surface area (Å²) in [6.07, 6.45) is 1.18. The predicted molar refractivity (Wildman–Crippen MR) is 140 cm³/mol. The van der Waals surface area contributed by atoms with Crippen molar-refractivity contribution in [3.63, 3.8) is 0 Å². The Morgan fingerprint density at radius 1 is 1.37 bits per heavy atom.